The van der Waals surface area contributed by atoms with Crippen molar-refractivity contribution in [3.8, 4) is 0 Å². The lowest BCUT2D eigenvalue weighted by molar-refractivity contribution is -0.130. The molecule has 4 nitrogen and oxygen atoms in total. The molecule has 0 saturated carbocycles. The number of benzene rings is 1. The van der Waals surface area contributed by atoms with Gasteiger partial charge < -0.3 is 4.90 Å². The van der Waals surface area contributed by atoms with Gasteiger partial charge in [0.1, 0.15) is 5.82 Å². The van der Waals surface area contributed by atoms with Gasteiger partial charge in [-0.25, -0.2) is 4.39 Å². The molecule has 0 radical (unpaired) electrons. The summed E-state index contributed by atoms with van der Waals surface area (Å²) in [6, 6.07) is 7.00. The molecule has 1 aliphatic heterocycles. The van der Waals surface area contributed by atoms with Gasteiger partial charge in [0.2, 0.25) is 5.91 Å². The molecule has 1 heterocycles. The molecule has 0 unspecified atom stereocenters. The standard InChI is InChI=1S/C16H24FN3O/c1-13(14-5-4-6-15(17)11-14)20-9-7-19(8-10-20)12-16(21)18(2)3/h4-6,11,13H,7-10,12H2,1-3H3/t13-/m0/s1. The largest absolute Gasteiger partial charge is 0.348 e. The Morgan fingerprint density at radius 2 is 1.95 bits per heavy atom. The van der Waals surface area contributed by atoms with Crippen molar-refractivity contribution in [3.63, 3.8) is 0 Å². The molecule has 1 fully saturated rings. The Bertz CT molecular complexity index is 484. The van der Waals surface area contributed by atoms with Gasteiger partial charge in [0.05, 0.1) is 6.54 Å². The highest BCUT2D eigenvalue weighted by Gasteiger charge is 2.23. The van der Waals surface area contributed by atoms with Crippen molar-refractivity contribution in [1.82, 2.24) is 14.7 Å². The van der Waals surface area contributed by atoms with E-state index in [-0.39, 0.29) is 17.8 Å². The molecule has 1 amide bonds. The smallest absolute Gasteiger partial charge is 0.236 e. The summed E-state index contributed by atoms with van der Waals surface area (Å²) in [6.45, 7) is 6.14. The predicted molar refractivity (Wildman–Crippen MR) is 81.5 cm³/mol. The number of hydrogen-bond donors (Lipinski definition) is 0. The Morgan fingerprint density at radius 3 is 2.52 bits per heavy atom. The molecule has 2 rings (SSSR count). The minimum absolute atomic E-state index is 0.140. The maximum Gasteiger partial charge on any atom is 0.236 e. The van der Waals surface area contributed by atoms with Crippen LogP contribution < -0.4 is 0 Å². The maximum atomic E-state index is 13.3. The lowest BCUT2D eigenvalue weighted by atomic mass is 10.1. The molecule has 116 valence electrons. The van der Waals surface area contributed by atoms with E-state index in [0.717, 1.165) is 31.7 Å². The Morgan fingerprint density at radius 1 is 1.29 bits per heavy atom. The first kappa shape index (κ1) is 15.9. The Labute approximate surface area is 126 Å². The second kappa shape index (κ2) is 7.00. The van der Waals surface area contributed by atoms with Crippen molar-refractivity contribution in [2.45, 2.75) is 13.0 Å². The summed E-state index contributed by atoms with van der Waals surface area (Å²) < 4.78 is 13.3. The number of nitrogens with zero attached hydrogens (tertiary/aromatic N) is 3. The quantitative estimate of drug-likeness (QED) is 0.843. The normalized spacial score (nSPS) is 18.5. The molecule has 0 aromatic heterocycles. The molecule has 5 heteroatoms. The summed E-state index contributed by atoms with van der Waals surface area (Å²) in [5, 5.41) is 0. The third-order valence-corrected chi connectivity index (χ3v) is 4.14. The number of carbonyl (C=O) groups is 1. The van der Waals surface area contributed by atoms with E-state index in [0.29, 0.717) is 6.54 Å². The van der Waals surface area contributed by atoms with Gasteiger partial charge in [0.25, 0.3) is 0 Å². The first-order valence-corrected chi connectivity index (χ1v) is 7.39. The fraction of sp³-hybridized carbons (Fsp3) is 0.562. The van der Waals surface area contributed by atoms with Crippen LogP contribution in [0.5, 0.6) is 0 Å². The number of amides is 1. The number of likely N-dealkylation sites (N-methyl/N-ethyl adjacent to an activating group) is 1. The van der Waals surface area contributed by atoms with Gasteiger partial charge in [0.15, 0.2) is 0 Å². The SMILES string of the molecule is C[C@@H](c1cccc(F)c1)N1CCN(CC(=O)N(C)C)CC1. The van der Waals surface area contributed by atoms with Crippen LogP contribution in [0.15, 0.2) is 24.3 Å². The Balaban J connectivity index is 1.87. The van der Waals surface area contributed by atoms with E-state index < -0.39 is 0 Å². The third kappa shape index (κ3) is 4.25. The van der Waals surface area contributed by atoms with Crippen LogP contribution in [0.3, 0.4) is 0 Å². The number of carbonyl (C=O) groups excluding carboxylic acids is 1. The maximum absolute atomic E-state index is 13.3. The second-order valence-corrected chi connectivity index (χ2v) is 5.83. The van der Waals surface area contributed by atoms with Crippen molar-refractivity contribution in [3.05, 3.63) is 35.6 Å². The predicted octanol–water partition coefficient (Wildman–Crippen LogP) is 1.59. The van der Waals surface area contributed by atoms with Crippen molar-refractivity contribution in [2.24, 2.45) is 0 Å². The van der Waals surface area contributed by atoms with E-state index >= 15 is 0 Å². The van der Waals surface area contributed by atoms with Crippen LogP contribution in [-0.4, -0.2) is 67.4 Å². The van der Waals surface area contributed by atoms with Crippen LogP contribution in [0.2, 0.25) is 0 Å². The molecular weight excluding hydrogens is 269 g/mol. The van der Waals surface area contributed by atoms with Gasteiger partial charge in [-0.3, -0.25) is 14.6 Å². The van der Waals surface area contributed by atoms with Gasteiger partial charge in [-0.2, -0.15) is 0 Å². The van der Waals surface area contributed by atoms with E-state index in [9.17, 15) is 9.18 Å². The fourth-order valence-corrected chi connectivity index (χ4v) is 2.62. The number of hydrogen-bond acceptors (Lipinski definition) is 3. The summed E-state index contributed by atoms with van der Waals surface area (Å²) in [6.07, 6.45) is 0. The molecule has 0 bridgehead atoms. The molecule has 1 saturated heterocycles. The molecular formula is C16H24FN3O. The van der Waals surface area contributed by atoms with Crippen LogP contribution in [0.1, 0.15) is 18.5 Å². The molecule has 0 N–H and O–H groups in total. The fourth-order valence-electron chi connectivity index (χ4n) is 2.62. The van der Waals surface area contributed by atoms with Crippen LogP contribution in [0.4, 0.5) is 4.39 Å². The van der Waals surface area contributed by atoms with E-state index in [1.807, 2.05) is 6.07 Å². The van der Waals surface area contributed by atoms with Gasteiger partial charge in [-0.15, -0.1) is 0 Å². The summed E-state index contributed by atoms with van der Waals surface area (Å²) in [5.74, 6) is -0.0452. The van der Waals surface area contributed by atoms with Crippen molar-refractivity contribution in [1.29, 1.82) is 0 Å². The van der Waals surface area contributed by atoms with Crippen molar-refractivity contribution in [2.75, 3.05) is 46.8 Å². The van der Waals surface area contributed by atoms with Crippen LogP contribution in [-0.2, 0) is 4.79 Å². The zero-order valence-electron chi connectivity index (χ0n) is 13.1. The Kier molecular flexibility index (Phi) is 5.31. The topological polar surface area (TPSA) is 26.8 Å². The Hall–Kier alpha value is -1.46. The molecule has 21 heavy (non-hydrogen) atoms. The zero-order chi connectivity index (χ0) is 15.4. The van der Waals surface area contributed by atoms with Crippen LogP contribution >= 0.6 is 0 Å². The number of piperazine rings is 1. The highest BCUT2D eigenvalue weighted by Crippen LogP contribution is 2.22. The minimum Gasteiger partial charge on any atom is -0.348 e. The van der Waals surface area contributed by atoms with Gasteiger partial charge in [0, 0.05) is 46.3 Å². The van der Waals surface area contributed by atoms with Crippen LogP contribution in [0, 0.1) is 5.82 Å². The lowest BCUT2D eigenvalue weighted by Gasteiger charge is -2.38. The summed E-state index contributed by atoms with van der Waals surface area (Å²) in [5.41, 5.74) is 1.01. The van der Waals surface area contributed by atoms with Gasteiger partial charge in [-0.05, 0) is 24.6 Å². The third-order valence-electron chi connectivity index (χ3n) is 4.14. The van der Waals surface area contributed by atoms with E-state index in [1.54, 1.807) is 31.1 Å². The number of halogens is 1. The van der Waals surface area contributed by atoms with Gasteiger partial charge in [-0.1, -0.05) is 12.1 Å². The first-order chi connectivity index (χ1) is 9.97. The van der Waals surface area contributed by atoms with Crippen LogP contribution in [0.25, 0.3) is 0 Å². The molecule has 1 aromatic carbocycles. The molecule has 0 aliphatic carbocycles. The molecule has 1 aromatic rings. The summed E-state index contributed by atoms with van der Waals surface area (Å²) in [7, 11) is 3.56. The van der Waals surface area contributed by atoms with E-state index in [4.69, 9.17) is 0 Å². The average Bonchev–Trinajstić information content (AvgIpc) is 2.47. The lowest BCUT2D eigenvalue weighted by Crippen LogP contribution is -2.49. The van der Waals surface area contributed by atoms with Gasteiger partial charge >= 0.3 is 0 Å². The minimum atomic E-state index is -0.186. The number of rotatable bonds is 4. The monoisotopic (exact) mass is 293 g/mol. The van der Waals surface area contributed by atoms with Crippen molar-refractivity contribution < 1.29 is 9.18 Å². The average molecular weight is 293 g/mol. The summed E-state index contributed by atoms with van der Waals surface area (Å²) >= 11 is 0. The molecule has 1 atom stereocenters. The highest BCUT2D eigenvalue weighted by atomic mass is 19.1. The molecule has 1 aliphatic rings. The first-order valence-electron chi connectivity index (χ1n) is 7.39. The van der Waals surface area contributed by atoms with Crippen molar-refractivity contribution >= 4 is 5.91 Å². The molecule has 0 spiro atoms. The second-order valence-electron chi connectivity index (χ2n) is 5.83. The van der Waals surface area contributed by atoms with E-state index in [1.165, 1.54) is 6.07 Å². The summed E-state index contributed by atoms with van der Waals surface area (Å²) in [4.78, 5) is 17.9. The highest BCUT2D eigenvalue weighted by molar-refractivity contribution is 5.77. The van der Waals surface area contributed by atoms with E-state index in [2.05, 4.69) is 16.7 Å². The zero-order valence-corrected chi connectivity index (χ0v) is 13.1.